The van der Waals surface area contributed by atoms with Crippen LogP contribution in [0.25, 0.3) is 0 Å². The first-order valence-corrected chi connectivity index (χ1v) is 7.33. The van der Waals surface area contributed by atoms with Gasteiger partial charge in [0, 0.05) is 6.54 Å². The van der Waals surface area contributed by atoms with Gasteiger partial charge in [-0.3, -0.25) is 0 Å². The summed E-state index contributed by atoms with van der Waals surface area (Å²) in [6.07, 6.45) is 6.21. The first kappa shape index (κ1) is 14.8. The number of aromatic carboxylic acids is 1. The van der Waals surface area contributed by atoms with E-state index in [2.05, 4.69) is 12.2 Å². The molecule has 1 aromatic rings. The summed E-state index contributed by atoms with van der Waals surface area (Å²) in [5, 5.41) is 11.9. The molecule has 0 spiro atoms. The number of hydrogen-bond acceptors (Lipinski definition) is 2. The van der Waals surface area contributed by atoms with Crippen molar-refractivity contribution in [3.8, 4) is 0 Å². The Hall–Kier alpha value is -1.58. The lowest BCUT2D eigenvalue weighted by Gasteiger charge is -2.26. The number of carboxylic acids is 1. The first-order valence-electron chi connectivity index (χ1n) is 7.33. The predicted octanol–water partition coefficient (Wildman–Crippen LogP) is 4.15. The number of nitrogens with one attached hydrogen (secondary N) is 1. The summed E-state index contributed by atoms with van der Waals surface area (Å²) in [6.45, 7) is 3.03. The van der Waals surface area contributed by atoms with E-state index in [0.717, 1.165) is 30.9 Å². The zero-order chi connectivity index (χ0) is 14.5. The molecule has 1 aliphatic rings. The van der Waals surface area contributed by atoms with Gasteiger partial charge in [0.25, 0.3) is 0 Å². The number of hydrogen-bond donors (Lipinski definition) is 2. The fourth-order valence-corrected chi connectivity index (χ4v) is 3.02. The van der Waals surface area contributed by atoms with Crippen molar-refractivity contribution in [3.63, 3.8) is 0 Å². The van der Waals surface area contributed by atoms with Gasteiger partial charge in [-0.05, 0) is 42.9 Å². The van der Waals surface area contributed by atoms with Crippen LogP contribution in [-0.2, 0) is 0 Å². The fourth-order valence-electron chi connectivity index (χ4n) is 3.02. The SMILES string of the molecule is CC1CCCC(CCNc2ccc(C(=O)O)cc2F)C1. The lowest BCUT2D eigenvalue weighted by Crippen LogP contribution is -2.17. The summed E-state index contributed by atoms with van der Waals surface area (Å²) in [5.74, 6) is -0.0681. The van der Waals surface area contributed by atoms with Crippen LogP contribution in [0.1, 0.15) is 49.4 Å². The van der Waals surface area contributed by atoms with Gasteiger partial charge in [-0.2, -0.15) is 0 Å². The Labute approximate surface area is 119 Å². The zero-order valence-corrected chi connectivity index (χ0v) is 11.9. The van der Waals surface area contributed by atoms with Gasteiger partial charge in [-0.15, -0.1) is 0 Å². The Morgan fingerprint density at radius 3 is 2.90 bits per heavy atom. The molecule has 0 bridgehead atoms. The van der Waals surface area contributed by atoms with E-state index in [9.17, 15) is 9.18 Å². The van der Waals surface area contributed by atoms with E-state index < -0.39 is 11.8 Å². The molecule has 1 aromatic carbocycles. The van der Waals surface area contributed by atoms with Gasteiger partial charge >= 0.3 is 5.97 Å². The minimum atomic E-state index is -1.10. The number of benzene rings is 1. The molecule has 0 radical (unpaired) electrons. The van der Waals surface area contributed by atoms with Crippen LogP contribution in [0.3, 0.4) is 0 Å². The molecule has 4 heteroatoms. The second-order valence-corrected chi connectivity index (χ2v) is 5.85. The molecule has 2 N–H and O–H groups in total. The normalized spacial score (nSPS) is 22.5. The number of halogens is 1. The van der Waals surface area contributed by atoms with Crippen LogP contribution in [0, 0.1) is 17.7 Å². The molecule has 2 rings (SSSR count). The maximum absolute atomic E-state index is 13.7. The summed E-state index contributed by atoms with van der Waals surface area (Å²) in [6, 6.07) is 3.99. The second-order valence-electron chi connectivity index (χ2n) is 5.85. The van der Waals surface area contributed by atoms with Crippen molar-refractivity contribution >= 4 is 11.7 Å². The standard InChI is InChI=1S/C16H22FNO2/c1-11-3-2-4-12(9-11)7-8-18-15-6-5-13(16(19)20)10-14(15)17/h5-6,10-12,18H,2-4,7-9H2,1H3,(H,19,20). The topological polar surface area (TPSA) is 49.3 Å². The summed E-state index contributed by atoms with van der Waals surface area (Å²) in [5.41, 5.74) is 0.369. The molecule has 0 heterocycles. The van der Waals surface area contributed by atoms with Gasteiger partial charge in [0.1, 0.15) is 5.82 Å². The van der Waals surface area contributed by atoms with Crippen molar-refractivity contribution in [3.05, 3.63) is 29.6 Å². The van der Waals surface area contributed by atoms with Gasteiger partial charge in [0.2, 0.25) is 0 Å². The van der Waals surface area contributed by atoms with Gasteiger partial charge < -0.3 is 10.4 Å². The lowest BCUT2D eigenvalue weighted by molar-refractivity contribution is 0.0696. The van der Waals surface area contributed by atoms with Crippen molar-refractivity contribution in [1.29, 1.82) is 0 Å². The van der Waals surface area contributed by atoms with Crippen LogP contribution in [-0.4, -0.2) is 17.6 Å². The molecule has 1 aliphatic carbocycles. The van der Waals surface area contributed by atoms with E-state index in [1.165, 1.54) is 37.8 Å². The number of rotatable bonds is 5. The average molecular weight is 279 g/mol. The average Bonchev–Trinajstić information content (AvgIpc) is 2.40. The van der Waals surface area contributed by atoms with Crippen molar-refractivity contribution in [2.75, 3.05) is 11.9 Å². The molecule has 0 aliphatic heterocycles. The third-order valence-electron chi connectivity index (χ3n) is 4.13. The summed E-state index contributed by atoms with van der Waals surface area (Å²) in [7, 11) is 0. The largest absolute Gasteiger partial charge is 0.478 e. The highest BCUT2D eigenvalue weighted by molar-refractivity contribution is 5.88. The highest BCUT2D eigenvalue weighted by Gasteiger charge is 2.18. The molecule has 0 aromatic heterocycles. The molecule has 1 fully saturated rings. The fraction of sp³-hybridized carbons (Fsp3) is 0.562. The van der Waals surface area contributed by atoms with E-state index in [4.69, 9.17) is 5.11 Å². The Morgan fingerprint density at radius 1 is 1.45 bits per heavy atom. The van der Waals surface area contributed by atoms with E-state index in [1.807, 2.05) is 0 Å². The molecule has 0 amide bonds. The number of carbonyl (C=O) groups is 1. The number of anilines is 1. The lowest BCUT2D eigenvalue weighted by atomic mass is 9.81. The molecule has 2 atom stereocenters. The van der Waals surface area contributed by atoms with Gasteiger partial charge in [-0.1, -0.05) is 26.2 Å². The van der Waals surface area contributed by atoms with Gasteiger partial charge in [0.15, 0.2) is 0 Å². The van der Waals surface area contributed by atoms with Crippen molar-refractivity contribution in [1.82, 2.24) is 0 Å². The Bertz CT molecular complexity index is 476. The van der Waals surface area contributed by atoms with E-state index in [1.54, 1.807) is 0 Å². The molecule has 20 heavy (non-hydrogen) atoms. The van der Waals surface area contributed by atoms with Crippen molar-refractivity contribution in [2.45, 2.75) is 39.0 Å². The maximum atomic E-state index is 13.7. The molecule has 1 saturated carbocycles. The predicted molar refractivity (Wildman–Crippen MR) is 77.6 cm³/mol. The summed E-state index contributed by atoms with van der Waals surface area (Å²) >= 11 is 0. The molecule has 110 valence electrons. The van der Waals surface area contributed by atoms with E-state index in [0.29, 0.717) is 5.69 Å². The monoisotopic (exact) mass is 279 g/mol. The smallest absolute Gasteiger partial charge is 0.335 e. The Morgan fingerprint density at radius 2 is 2.25 bits per heavy atom. The van der Waals surface area contributed by atoms with Crippen molar-refractivity contribution < 1.29 is 14.3 Å². The Kier molecular flexibility index (Phi) is 4.99. The van der Waals surface area contributed by atoms with Crippen LogP contribution in [0.15, 0.2) is 18.2 Å². The van der Waals surface area contributed by atoms with Gasteiger partial charge in [0.05, 0.1) is 11.3 Å². The third kappa shape index (κ3) is 3.95. The molecule has 3 nitrogen and oxygen atoms in total. The first-order chi connectivity index (χ1) is 9.56. The highest BCUT2D eigenvalue weighted by atomic mass is 19.1. The maximum Gasteiger partial charge on any atom is 0.335 e. The Balaban J connectivity index is 1.83. The van der Waals surface area contributed by atoms with Crippen molar-refractivity contribution in [2.24, 2.45) is 11.8 Å². The van der Waals surface area contributed by atoms with E-state index >= 15 is 0 Å². The molecule has 0 saturated heterocycles. The quantitative estimate of drug-likeness (QED) is 0.851. The zero-order valence-electron chi connectivity index (χ0n) is 11.9. The van der Waals surface area contributed by atoms with E-state index in [-0.39, 0.29) is 5.56 Å². The van der Waals surface area contributed by atoms with Crippen LogP contribution in [0.5, 0.6) is 0 Å². The minimum Gasteiger partial charge on any atom is -0.478 e. The van der Waals surface area contributed by atoms with Crippen LogP contribution < -0.4 is 5.32 Å². The summed E-state index contributed by atoms with van der Waals surface area (Å²) < 4.78 is 13.7. The third-order valence-corrected chi connectivity index (χ3v) is 4.13. The molecular weight excluding hydrogens is 257 g/mol. The summed E-state index contributed by atoms with van der Waals surface area (Å²) in [4.78, 5) is 10.7. The minimum absolute atomic E-state index is 0.0193. The molecule has 2 unspecified atom stereocenters. The van der Waals surface area contributed by atoms with Crippen LogP contribution in [0.2, 0.25) is 0 Å². The van der Waals surface area contributed by atoms with Crippen LogP contribution >= 0.6 is 0 Å². The highest BCUT2D eigenvalue weighted by Crippen LogP contribution is 2.30. The number of carboxylic acid groups (broad SMARTS) is 1. The molecular formula is C16H22FNO2. The van der Waals surface area contributed by atoms with Gasteiger partial charge in [-0.25, -0.2) is 9.18 Å². The van der Waals surface area contributed by atoms with Crippen LogP contribution in [0.4, 0.5) is 10.1 Å². The second kappa shape index (κ2) is 6.73.